The average Bonchev–Trinajstić information content (AvgIpc) is 2.50. The maximum Gasteiger partial charge on any atom is 0.118 e. The van der Waals surface area contributed by atoms with Crippen LogP contribution in [0.1, 0.15) is 28.7 Å². The highest BCUT2D eigenvalue weighted by atomic mass is 16.5. The Morgan fingerprint density at radius 3 is 2.05 bits per heavy atom. The molecule has 0 aromatic heterocycles. The van der Waals surface area contributed by atoms with E-state index in [2.05, 4.69) is 0 Å². The molecule has 0 radical (unpaired) electrons. The second kappa shape index (κ2) is 6.55. The first-order valence-corrected chi connectivity index (χ1v) is 6.74. The van der Waals surface area contributed by atoms with Crippen molar-refractivity contribution in [1.82, 2.24) is 0 Å². The molecule has 0 saturated carbocycles. The Bertz CT molecular complexity index is 534. The van der Waals surface area contributed by atoms with Crippen LogP contribution in [0.2, 0.25) is 0 Å². The smallest absolute Gasteiger partial charge is 0.118 e. The standard InChI is InChI=1S/C17H21NO2/c1-12-3-5-13(6-4-12)16(11-18)17(19)14-7-9-15(20-2)10-8-14/h3-10,16-17,19H,11,18H2,1-2H3. The zero-order valence-electron chi connectivity index (χ0n) is 11.9. The number of aliphatic hydroxyl groups is 1. The predicted molar refractivity (Wildman–Crippen MR) is 80.9 cm³/mol. The zero-order chi connectivity index (χ0) is 14.5. The van der Waals surface area contributed by atoms with Crippen LogP contribution in [0.4, 0.5) is 0 Å². The molecule has 0 spiro atoms. The van der Waals surface area contributed by atoms with Crippen molar-refractivity contribution in [3.8, 4) is 5.75 Å². The summed E-state index contributed by atoms with van der Waals surface area (Å²) in [6.45, 7) is 2.44. The van der Waals surface area contributed by atoms with Crippen LogP contribution >= 0.6 is 0 Å². The number of nitrogens with two attached hydrogens (primary N) is 1. The third-order valence-corrected chi connectivity index (χ3v) is 3.60. The molecule has 3 N–H and O–H groups in total. The zero-order valence-corrected chi connectivity index (χ0v) is 11.9. The van der Waals surface area contributed by atoms with Gasteiger partial charge in [-0.15, -0.1) is 0 Å². The van der Waals surface area contributed by atoms with Crippen molar-refractivity contribution >= 4 is 0 Å². The van der Waals surface area contributed by atoms with Crippen LogP contribution in [-0.4, -0.2) is 18.8 Å². The fourth-order valence-electron chi connectivity index (χ4n) is 2.29. The summed E-state index contributed by atoms with van der Waals surface area (Å²) in [7, 11) is 1.63. The maximum absolute atomic E-state index is 10.5. The molecule has 20 heavy (non-hydrogen) atoms. The Hall–Kier alpha value is -1.84. The SMILES string of the molecule is COc1ccc(C(O)C(CN)c2ccc(C)cc2)cc1. The van der Waals surface area contributed by atoms with Gasteiger partial charge in [0.15, 0.2) is 0 Å². The molecular weight excluding hydrogens is 250 g/mol. The lowest BCUT2D eigenvalue weighted by Crippen LogP contribution is -2.20. The minimum atomic E-state index is -0.617. The molecule has 2 aromatic rings. The molecule has 0 saturated heterocycles. The Morgan fingerprint density at radius 2 is 1.55 bits per heavy atom. The number of methoxy groups -OCH3 is 1. The van der Waals surface area contributed by atoms with E-state index >= 15 is 0 Å². The first kappa shape index (κ1) is 14.6. The minimum Gasteiger partial charge on any atom is -0.497 e. The summed E-state index contributed by atoms with van der Waals surface area (Å²) >= 11 is 0. The van der Waals surface area contributed by atoms with E-state index in [9.17, 15) is 5.11 Å². The van der Waals surface area contributed by atoms with E-state index in [1.54, 1.807) is 7.11 Å². The van der Waals surface area contributed by atoms with E-state index in [1.165, 1.54) is 5.56 Å². The molecule has 2 unspecified atom stereocenters. The number of hydrogen-bond acceptors (Lipinski definition) is 3. The number of ether oxygens (including phenoxy) is 1. The highest BCUT2D eigenvalue weighted by Gasteiger charge is 2.21. The Labute approximate surface area is 120 Å². The first-order chi connectivity index (χ1) is 9.65. The van der Waals surface area contributed by atoms with Gasteiger partial charge in [-0.3, -0.25) is 0 Å². The molecule has 0 aliphatic carbocycles. The molecule has 2 atom stereocenters. The first-order valence-electron chi connectivity index (χ1n) is 6.74. The molecule has 0 fully saturated rings. The van der Waals surface area contributed by atoms with Crippen molar-refractivity contribution in [3.05, 3.63) is 65.2 Å². The van der Waals surface area contributed by atoms with Crippen LogP contribution in [0.15, 0.2) is 48.5 Å². The van der Waals surface area contributed by atoms with Gasteiger partial charge < -0.3 is 15.6 Å². The molecule has 106 valence electrons. The van der Waals surface area contributed by atoms with Crippen molar-refractivity contribution in [2.75, 3.05) is 13.7 Å². The fourth-order valence-corrected chi connectivity index (χ4v) is 2.29. The summed E-state index contributed by atoms with van der Waals surface area (Å²) < 4.78 is 5.13. The fraction of sp³-hybridized carbons (Fsp3) is 0.294. The quantitative estimate of drug-likeness (QED) is 0.879. The van der Waals surface area contributed by atoms with E-state index in [0.29, 0.717) is 6.54 Å². The van der Waals surface area contributed by atoms with Gasteiger partial charge in [0.2, 0.25) is 0 Å². The van der Waals surface area contributed by atoms with Gasteiger partial charge >= 0.3 is 0 Å². The van der Waals surface area contributed by atoms with Crippen molar-refractivity contribution in [1.29, 1.82) is 0 Å². The van der Waals surface area contributed by atoms with Gasteiger partial charge in [-0.25, -0.2) is 0 Å². The van der Waals surface area contributed by atoms with E-state index < -0.39 is 6.10 Å². The van der Waals surface area contributed by atoms with Crippen molar-refractivity contribution in [3.63, 3.8) is 0 Å². The van der Waals surface area contributed by atoms with Gasteiger partial charge in [0, 0.05) is 12.5 Å². The second-order valence-corrected chi connectivity index (χ2v) is 4.97. The van der Waals surface area contributed by atoms with E-state index in [0.717, 1.165) is 16.9 Å². The third-order valence-electron chi connectivity index (χ3n) is 3.60. The third kappa shape index (κ3) is 3.18. The molecule has 0 amide bonds. The molecular formula is C17H21NO2. The average molecular weight is 271 g/mol. The van der Waals surface area contributed by atoms with Crippen molar-refractivity contribution < 1.29 is 9.84 Å². The van der Waals surface area contributed by atoms with Crippen LogP contribution in [0, 0.1) is 6.92 Å². The van der Waals surface area contributed by atoms with Crippen LogP contribution in [0.25, 0.3) is 0 Å². The summed E-state index contributed by atoms with van der Waals surface area (Å²) in [5.74, 6) is 0.671. The number of aliphatic hydroxyl groups excluding tert-OH is 1. The van der Waals surface area contributed by atoms with E-state index in [4.69, 9.17) is 10.5 Å². The van der Waals surface area contributed by atoms with Gasteiger partial charge in [0.25, 0.3) is 0 Å². The Balaban J connectivity index is 2.23. The second-order valence-electron chi connectivity index (χ2n) is 4.97. The molecule has 3 heteroatoms. The summed E-state index contributed by atoms with van der Waals surface area (Å²) in [5, 5.41) is 10.5. The van der Waals surface area contributed by atoms with Crippen LogP contribution in [-0.2, 0) is 0 Å². The number of aryl methyl sites for hydroxylation is 1. The Morgan fingerprint density at radius 1 is 1.00 bits per heavy atom. The van der Waals surface area contributed by atoms with Gasteiger partial charge in [0.05, 0.1) is 13.2 Å². The minimum absolute atomic E-state index is 0.107. The summed E-state index contributed by atoms with van der Waals surface area (Å²) in [6.07, 6.45) is -0.617. The van der Waals surface area contributed by atoms with Crippen LogP contribution in [0.3, 0.4) is 0 Å². The van der Waals surface area contributed by atoms with Gasteiger partial charge in [0.1, 0.15) is 5.75 Å². The van der Waals surface area contributed by atoms with Crippen molar-refractivity contribution in [2.45, 2.75) is 18.9 Å². The highest BCUT2D eigenvalue weighted by Crippen LogP contribution is 2.31. The van der Waals surface area contributed by atoms with E-state index in [1.807, 2.05) is 55.5 Å². The summed E-state index contributed by atoms with van der Waals surface area (Å²) in [4.78, 5) is 0. The highest BCUT2D eigenvalue weighted by molar-refractivity contribution is 5.32. The van der Waals surface area contributed by atoms with Crippen LogP contribution in [0.5, 0.6) is 5.75 Å². The lowest BCUT2D eigenvalue weighted by atomic mass is 9.89. The molecule has 0 aliphatic rings. The Kier molecular flexibility index (Phi) is 4.77. The van der Waals surface area contributed by atoms with E-state index in [-0.39, 0.29) is 5.92 Å². The van der Waals surface area contributed by atoms with Crippen molar-refractivity contribution in [2.24, 2.45) is 5.73 Å². The molecule has 0 bridgehead atoms. The molecule has 2 rings (SSSR count). The molecule has 3 nitrogen and oxygen atoms in total. The summed E-state index contributed by atoms with van der Waals surface area (Å²) in [6, 6.07) is 15.6. The van der Waals surface area contributed by atoms with Gasteiger partial charge in [-0.1, -0.05) is 42.0 Å². The number of hydrogen-bond donors (Lipinski definition) is 2. The van der Waals surface area contributed by atoms with Gasteiger partial charge in [-0.05, 0) is 30.2 Å². The molecule has 0 aliphatic heterocycles. The van der Waals surface area contributed by atoms with Crippen LogP contribution < -0.4 is 10.5 Å². The summed E-state index contributed by atoms with van der Waals surface area (Å²) in [5.41, 5.74) is 8.96. The molecule has 0 heterocycles. The van der Waals surface area contributed by atoms with Gasteiger partial charge in [-0.2, -0.15) is 0 Å². The lowest BCUT2D eigenvalue weighted by Gasteiger charge is -2.22. The lowest BCUT2D eigenvalue weighted by molar-refractivity contribution is 0.147. The normalized spacial score (nSPS) is 13.8. The maximum atomic E-state index is 10.5. The molecule has 2 aromatic carbocycles. The predicted octanol–water partition coefficient (Wildman–Crippen LogP) is 2.78. The topological polar surface area (TPSA) is 55.5 Å². The number of rotatable bonds is 5. The number of benzene rings is 2. The monoisotopic (exact) mass is 271 g/mol. The largest absolute Gasteiger partial charge is 0.497 e.